The summed E-state index contributed by atoms with van der Waals surface area (Å²) in [6.45, 7) is 2.37. The van der Waals surface area contributed by atoms with Gasteiger partial charge < -0.3 is 5.32 Å². The Bertz CT molecular complexity index is 410. The van der Waals surface area contributed by atoms with Crippen molar-refractivity contribution in [1.29, 1.82) is 0 Å². The Morgan fingerprint density at radius 1 is 1.29 bits per heavy atom. The molecule has 5 heteroatoms. The van der Waals surface area contributed by atoms with E-state index in [1.807, 2.05) is 30.3 Å². The molecule has 0 unspecified atom stereocenters. The number of nitrogens with one attached hydrogen (secondary N) is 1. The molecule has 0 fully saturated rings. The van der Waals surface area contributed by atoms with Gasteiger partial charge in [-0.05, 0) is 12.5 Å². The first kappa shape index (κ1) is 14.4. The number of hydrogen-bond donors (Lipinski definition) is 1. The first-order valence-corrected chi connectivity index (χ1v) is 6.10. The average molecular weight is 293 g/mol. The molecule has 0 radical (unpaired) electrons. The van der Waals surface area contributed by atoms with E-state index in [9.17, 15) is 4.79 Å². The van der Waals surface area contributed by atoms with E-state index in [1.165, 1.54) is 6.08 Å². The number of alkyl halides is 3. The Labute approximate surface area is 116 Å². The minimum Gasteiger partial charge on any atom is -0.384 e. The number of allylic oxidation sites excluding steroid dienone is 2. The maximum Gasteiger partial charge on any atom is 0.252 e. The maximum atomic E-state index is 11.4. The molecule has 0 aliphatic carbocycles. The van der Waals surface area contributed by atoms with Crippen molar-refractivity contribution >= 4 is 40.6 Å². The minimum atomic E-state index is -1.89. The smallest absolute Gasteiger partial charge is 0.252 e. The van der Waals surface area contributed by atoms with Crippen LogP contribution >= 0.6 is 34.8 Å². The lowest BCUT2D eigenvalue weighted by molar-refractivity contribution is -0.113. The van der Waals surface area contributed by atoms with E-state index in [-0.39, 0.29) is 0 Å². The zero-order chi connectivity index (χ0) is 12.9. The molecule has 17 heavy (non-hydrogen) atoms. The third-order valence-electron chi connectivity index (χ3n) is 2.04. The van der Waals surface area contributed by atoms with Gasteiger partial charge in [-0.2, -0.15) is 0 Å². The highest BCUT2D eigenvalue weighted by Gasteiger charge is 2.28. The highest BCUT2D eigenvalue weighted by Crippen LogP contribution is 2.27. The molecular weight excluding hydrogens is 280 g/mol. The van der Waals surface area contributed by atoms with Crippen molar-refractivity contribution in [3.8, 4) is 0 Å². The summed E-state index contributed by atoms with van der Waals surface area (Å²) in [5, 5.41) is 3.07. The molecule has 0 bridgehead atoms. The lowest BCUT2D eigenvalue weighted by Crippen LogP contribution is -2.19. The highest BCUT2D eigenvalue weighted by molar-refractivity contribution is 6.77. The third-order valence-corrected chi connectivity index (χ3v) is 2.60. The van der Waals surface area contributed by atoms with Crippen LogP contribution < -0.4 is 5.32 Å². The highest BCUT2D eigenvalue weighted by atomic mass is 35.6. The Morgan fingerprint density at radius 3 is 2.41 bits per heavy atom. The van der Waals surface area contributed by atoms with Gasteiger partial charge in [-0.25, -0.2) is 0 Å². The van der Waals surface area contributed by atoms with Gasteiger partial charge in [-0.1, -0.05) is 65.1 Å². The van der Waals surface area contributed by atoms with Crippen LogP contribution in [0.1, 0.15) is 12.5 Å². The molecule has 0 aliphatic rings. The quantitative estimate of drug-likeness (QED) is 0.678. The van der Waals surface area contributed by atoms with Crippen LogP contribution in [0.4, 0.5) is 0 Å². The molecule has 1 aromatic carbocycles. The fourth-order valence-corrected chi connectivity index (χ4v) is 1.33. The number of carbonyl (C=O) groups is 1. The predicted octanol–water partition coefficient (Wildman–Crippen LogP) is 3.62. The lowest BCUT2D eigenvalue weighted by Gasteiger charge is -2.09. The van der Waals surface area contributed by atoms with E-state index in [0.29, 0.717) is 12.2 Å². The summed E-state index contributed by atoms with van der Waals surface area (Å²) in [4.78, 5) is 11.4. The molecule has 1 N–H and O–H groups in total. The lowest BCUT2D eigenvalue weighted by atomic mass is 10.2. The average Bonchev–Trinajstić information content (AvgIpc) is 2.26. The molecule has 0 amide bonds. The van der Waals surface area contributed by atoms with Crippen molar-refractivity contribution in [2.75, 3.05) is 0 Å². The summed E-state index contributed by atoms with van der Waals surface area (Å²) in [7, 11) is 0. The van der Waals surface area contributed by atoms with E-state index in [4.69, 9.17) is 34.8 Å². The topological polar surface area (TPSA) is 29.1 Å². The summed E-state index contributed by atoms with van der Waals surface area (Å²) in [5.74, 6) is -0.555. The third kappa shape index (κ3) is 5.44. The number of rotatable bonds is 4. The molecule has 92 valence electrons. The van der Waals surface area contributed by atoms with E-state index < -0.39 is 9.58 Å². The Morgan fingerprint density at radius 2 is 1.88 bits per heavy atom. The first-order chi connectivity index (χ1) is 7.89. The van der Waals surface area contributed by atoms with Crippen LogP contribution in [-0.4, -0.2) is 9.58 Å². The van der Waals surface area contributed by atoms with Crippen molar-refractivity contribution in [2.45, 2.75) is 17.3 Å². The molecule has 1 aromatic rings. The SMILES string of the molecule is CC(=CC(=O)C(Cl)(Cl)Cl)NCc1ccccc1. The summed E-state index contributed by atoms with van der Waals surface area (Å²) in [6.07, 6.45) is 1.29. The molecule has 1 rings (SSSR count). The van der Waals surface area contributed by atoms with Gasteiger partial charge >= 0.3 is 0 Å². The number of halogens is 3. The molecule has 2 nitrogen and oxygen atoms in total. The van der Waals surface area contributed by atoms with Crippen LogP contribution in [0.3, 0.4) is 0 Å². The summed E-state index contributed by atoms with van der Waals surface area (Å²) in [5.41, 5.74) is 1.77. The number of carbonyl (C=O) groups excluding carboxylic acids is 1. The standard InChI is InChI=1S/C12H12Cl3NO/c1-9(7-11(17)12(13,14)15)16-8-10-5-3-2-4-6-10/h2-7,16H,8H2,1H3. The molecule has 0 atom stereocenters. The van der Waals surface area contributed by atoms with Gasteiger partial charge in [-0.15, -0.1) is 0 Å². The van der Waals surface area contributed by atoms with Crippen molar-refractivity contribution in [3.05, 3.63) is 47.7 Å². The normalized spacial score (nSPS) is 12.4. The number of hydrogen-bond acceptors (Lipinski definition) is 2. The van der Waals surface area contributed by atoms with Crippen molar-refractivity contribution < 1.29 is 4.79 Å². The van der Waals surface area contributed by atoms with Gasteiger partial charge in [0.2, 0.25) is 5.78 Å². The summed E-state index contributed by atoms with van der Waals surface area (Å²) < 4.78 is -1.89. The summed E-state index contributed by atoms with van der Waals surface area (Å²) >= 11 is 16.4. The second kappa shape index (κ2) is 6.29. The molecule has 0 aliphatic heterocycles. The fourth-order valence-electron chi connectivity index (χ4n) is 1.17. The van der Waals surface area contributed by atoms with Gasteiger partial charge in [0.05, 0.1) is 0 Å². The van der Waals surface area contributed by atoms with Crippen molar-refractivity contribution in [2.24, 2.45) is 0 Å². The van der Waals surface area contributed by atoms with E-state index >= 15 is 0 Å². The van der Waals surface area contributed by atoms with Crippen LogP contribution in [0.5, 0.6) is 0 Å². The number of ketones is 1. The molecular formula is C12H12Cl3NO. The van der Waals surface area contributed by atoms with Gasteiger partial charge in [0.25, 0.3) is 3.79 Å². The zero-order valence-electron chi connectivity index (χ0n) is 9.21. The van der Waals surface area contributed by atoms with Gasteiger partial charge in [0.1, 0.15) is 0 Å². The Kier molecular flexibility index (Phi) is 5.31. The zero-order valence-corrected chi connectivity index (χ0v) is 11.5. The van der Waals surface area contributed by atoms with Crippen LogP contribution in [0.2, 0.25) is 0 Å². The molecule has 0 saturated heterocycles. The summed E-state index contributed by atoms with van der Waals surface area (Å²) in [6, 6.07) is 9.80. The van der Waals surface area contributed by atoms with E-state index in [2.05, 4.69) is 5.32 Å². The van der Waals surface area contributed by atoms with Crippen LogP contribution in [0.25, 0.3) is 0 Å². The van der Waals surface area contributed by atoms with E-state index in [0.717, 1.165) is 5.56 Å². The minimum absolute atomic E-state index is 0.555. The predicted molar refractivity (Wildman–Crippen MR) is 72.3 cm³/mol. The molecule has 0 spiro atoms. The second-order valence-electron chi connectivity index (χ2n) is 3.53. The fraction of sp³-hybridized carbons (Fsp3) is 0.250. The van der Waals surface area contributed by atoms with Crippen LogP contribution in [0, 0.1) is 0 Å². The number of benzene rings is 1. The van der Waals surface area contributed by atoms with Crippen LogP contribution in [0.15, 0.2) is 42.1 Å². The van der Waals surface area contributed by atoms with Crippen LogP contribution in [-0.2, 0) is 11.3 Å². The second-order valence-corrected chi connectivity index (χ2v) is 5.81. The van der Waals surface area contributed by atoms with Gasteiger partial charge in [0, 0.05) is 18.3 Å². The molecule has 0 heterocycles. The van der Waals surface area contributed by atoms with Gasteiger partial charge in [-0.3, -0.25) is 4.79 Å². The van der Waals surface area contributed by atoms with E-state index in [1.54, 1.807) is 6.92 Å². The molecule has 0 saturated carbocycles. The maximum absolute atomic E-state index is 11.4. The first-order valence-electron chi connectivity index (χ1n) is 4.97. The Balaban J connectivity index is 2.53. The largest absolute Gasteiger partial charge is 0.384 e. The van der Waals surface area contributed by atoms with Gasteiger partial charge in [0.15, 0.2) is 0 Å². The monoisotopic (exact) mass is 291 g/mol. The van der Waals surface area contributed by atoms with Crippen molar-refractivity contribution in [1.82, 2.24) is 5.32 Å². The molecule has 0 aromatic heterocycles. The van der Waals surface area contributed by atoms with Crippen molar-refractivity contribution in [3.63, 3.8) is 0 Å². The Hall–Kier alpha value is -0.700.